The van der Waals surface area contributed by atoms with Crippen molar-refractivity contribution in [3.63, 3.8) is 0 Å². The topological polar surface area (TPSA) is 78.4 Å². The van der Waals surface area contributed by atoms with E-state index < -0.39 is 22.9 Å². The summed E-state index contributed by atoms with van der Waals surface area (Å²) in [5.41, 5.74) is -5.36. The molecule has 0 rings (SSSR count). The van der Waals surface area contributed by atoms with E-state index in [1.165, 1.54) is 0 Å². The summed E-state index contributed by atoms with van der Waals surface area (Å²) in [5, 5.41) is 13.8. The maximum Gasteiger partial charge on any atom is 0.441 e. The van der Waals surface area contributed by atoms with E-state index in [1.54, 1.807) is 13.8 Å². The first-order valence-corrected chi connectivity index (χ1v) is 7.11. The first-order chi connectivity index (χ1) is 9.17. The molecule has 2 amide bonds. The van der Waals surface area contributed by atoms with Crippen LogP contribution in [0.4, 0.5) is 18.0 Å². The number of carboxylic acid groups (broad SMARTS) is 1. The van der Waals surface area contributed by atoms with Crippen molar-refractivity contribution in [1.29, 1.82) is 0 Å². The lowest BCUT2D eigenvalue weighted by Gasteiger charge is -2.26. The van der Waals surface area contributed by atoms with Crippen molar-refractivity contribution in [3.05, 3.63) is 0 Å². The van der Waals surface area contributed by atoms with Gasteiger partial charge in [0.25, 0.3) is 0 Å². The molecular formula is C11H19F3N2O3S. The largest absolute Gasteiger partial charge is 0.481 e. The lowest BCUT2D eigenvalue weighted by Crippen LogP contribution is -2.46. The lowest BCUT2D eigenvalue weighted by molar-refractivity contribution is -0.149. The van der Waals surface area contributed by atoms with Gasteiger partial charge in [-0.15, -0.1) is 0 Å². The molecule has 0 saturated heterocycles. The van der Waals surface area contributed by atoms with Crippen molar-refractivity contribution in [2.45, 2.75) is 32.2 Å². The molecule has 0 aliphatic heterocycles. The second-order valence-corrected chi connectivity index (χ2v) is 5.36. The van der Waals surface area contributed by atoms with E-state index in [9.17, 15) is 22.8 Å². The van der Waals surface area contributed by atoms with Crippen molar-refractivity contribution in [1.82, 2.24) is 10.6 Å². The van der Waals surface area contributed by atoms with Gasteiger partial charge in [-0.05, 0) is 24.6 Å². The Morgan fingerprint density at radius 2 is 1.70 bits per heavy atom. The normalized spacial score (nSPS) is 12.1. The molecule has 0 radical (unpaired) electrons. The molecule has 0 saturated carbocycles. The molecular weight excluding hydrogens is 297 g/mol. The molecule has 20 heavy (non-hydrogen) atoms. The van der Waals surface area contributed by atoms with Crippen LogP contribution in [0.2, 0.25) is 0 Å². The molecule has 0 heterocycles. The van der Waals surface area contributed by atoms with Crippen LogP contribution in [0.3, 0.4) is 0 Å². The summed E-state index contributed by atoms with van der Waals surface area (Å²) >= 11 is -0.224. The van der Waals surface area contributed by atoms with E-state index in [4.69, 9.17) is 5.11 Å². The van der Waals surface area contributed by atoms with Crippen LogP contribution in [0.5, 0.6) is 0 Å². The first-order valence-electron chi connectivity index (χ1n) is 6.12. The van der Waals surface area contributed by atoms with Gasteiger partial charge in [0.2, 0.25) is 0 Å². The number of carbonyl (C=O) groups is 2. The van der Waals surface area contributed by atoms with Gasteiger partial charge in [-0.25, -0.2) is 4.79 Å². The predicted octanol–water partition coefficient (Wildman–Crippen LogP) is 2.43. The highest BCUT2D eigenvalue weighted by Crippen LogP contribution is 2.29. The lowest BCUT2D eigenvalue weighted by atomic mass is 9.82. The molecule has 0 spiro atoms. The summed E-state index contributed by atoms with van der Waals surface area (Å²) < 4.78 is 35.5. The fraction of sp³-hybridized carbons (Fsp3) is 0.818. The van der Waals surface area contributed by atoms with Gasteiger partial charge in [0.15, 0.2) is 0 Å². The van der Waals surface area contributed by atoms with Crippen molar-refractivity contribution in [2.75, 3.05) is 18.8 Å². The summed E-state index contributed by atoms with van der Waals surface area (Å²) in [6, 6.07) is -0.666. The second-order valence-electron chi connectivity index (χ2n) is 4.20. The van der Waals surface area contributed by atoms with E-state index in [-0.39, 0.29) is 30.6 Å². The number of aliphatic carboxylic acids is 1. The molecule has 0 aromatic heterocycles. The minimum Gasteiger partial charge on any atom is -0.481 e. The van der Waals surface area contributed by atoms with E-state index in [0.717, 1.165) is 0 Å². The molecule has 0 aliphatic carbocycles. The SMILES string of the molecule is CCC(CC)(CNC(=O)NCCSC(F)(F)F)C(=O)O. The minimum absolute atomic E-state index is 0.0619. The fourth-order valence-corrected chi connectivity index (χ4v) is 1.96. The third-order valence-corrected chi connectivity index (χ3v) is 3.78. The summed E-state index contributed by atoms with van der Waals surface area (Å²) in [7, 11) is 0. The van der Waals surface area contributed by atoms with E-state index in [0.29, 0.717) is 12.8 Å². The summed E-state index contributed by atoms with van der Waals surface area (Å²) in [5.74, 6) is -1.29. The zero-order valence-corrected chi connectivity index (χ0v) is 12.2. The molecule has 0 aliphatic rings. The van der Waals surface area contributed by atoms with Crippen molar-refractivity contribution in [2.24, 2.45) is 5.41 Å². The number of rotatable bonds is 8. The molecule has 0 bridgehead atoms. The average Bonchev–Trinajstić information content (AvgIpc) is 2.35. The molecule has 0 fully saturated rings. The fourth-order valence-electron chi connectivity index (χ4n) is 1.52. The van der Waals surface area contributed by atoms with Crippen LogP contribution in [-0.4, -0.2) is 41.5 Å². The predicted molar refractivity (Wildman–Crippen MR) is 70.6 cm³/mol. The average molecular weight is 316 g/mol. The van der Waals surface area contributed by atoms with Crippen LogP contribution in [0.15, 0.2) is 0 Å². The van der Waals surface area contributed by atoms with E-state index in [1.807, 2.05) is 0 Å². The maximum absolute atomic E-state index is 11.8. The number of carbonyl (C=O) groups excluding carboxylic acids is 1. The molecule has 9 heteroatoms. The molecule has 0 unspecified atom stereocenters. The van der Waals surface area contributed by atoms with Gasteiger partial charge in [0, 0.05) is 18.8 Å². The molecule has 0 aromatic carbocycles. The number of amides is 2. The first kappa shape index (κ1) is 18.9. The Kier molecular flexibility index (Phi) is 7.77. The quantitative estimate of drug-likeness (QED) is 0.601. The zero-order valence-electron chi connectivity index (χ0n) is 11.3. The second kappa shape index (κ2) is 8.23. The van der Waals surface area contributed by atoms with Gasteiger partial charge in [0.05, 0.1) is 5.41 Å². The van der Waals surface area contributed by atoms with Gasteiger partial charge in [-0.3, -0.25) is 4.79 Å². The number of hydrogen-bond acceptors (Lipinski definition) is 3. The number of carboxylic acids is 1. The van der Waals surface area contributed by atoms with Gasteiger partial charge >= 0.3 is 17.5 Å². The number of urea groups is 1. The number of halogens is 3. The van der Waals surface area contributed by atoms with Crippen LogP contribution in [0.25, 0.3) is 0 Å². The smallest absolute Gasteiger partial charge is 0.441 e. The minimum atomic E-state index is -4.32. The van der Waals surface area contributed by atoms with Crippen molar-refractivity contribution < 1.29 is 27.9 Å². The van der Waals surface area contributed by atoms with Gasteiger partial charge in [-0.1, -0.05) is 13.8 Å². The molecule has 118 valence electrons. The van der Waals surface area contributed by atoms with E-state index >= 15 is 0 Å². The standard InChI is InChI=1S/C11H19F3N2O3S/c1-3-10(4-2,8(17)18)7-16-9(19)15-5-6-20-11(12,13)14/h3-7H2,1-2H3,(H,17,18)(H2,15,16,19). The van der Waals surface area contributed by atoms with Crippen LogP contribution in [-0.2, 0) is 4.79 Å². The third-order valence-electron chi connectivity index (χ3n) is 3.05. The Balaban J connectivity index is 4.06. The molecule has 3 N–H and O–H groups in total. The number of alkyl halides is 3. The van der Waals surface area contributed by atoms with Crippen LogP contribution < -0.4 is 10.6 Å². The Labute approximate surface area is 119 Å². The Morgan fingerprint density at radius 3 is 2.10 bits per heavy atom. The third kappa shape index (κ3) is 6.88. The van der Waals surface area contributed by atoms with Gasteiger partial charge < -0.3 is 15.7 Å². The Morgan fingerprint density at radius 1 is 1.15 bits per heavy atom. The molecule has 0 aromatic rings. The zero-order chi connectivity index (χ0) is 15.8. The highest BCUT2D eigenvalue weighted by Gasteiger charge is 2.35. The molecule has 5 nitrogen and oxygen atoms in total. The van der Waals surface area contributed by atoms with Crippen LogP contribution >= 0.6 is 11.8 Å². The van der Waals surface area contributed by atoms with Crippen molar-refractivity contribution in [3.8, 4) is 0 Å². The Hall–Kier alpha value is -1.12. The van der Waals surface area contributed by atoms with Gasteiger partial charge in [0.1, 0.15) is 0 Å². The summed E-state index contributed by atoms with van der Waals surface area (Å²) in [4.78, 5) is 22.5. The molecule has 0 atom stereocenters. The number of nitrogens with one attached hydrogen (secondary N) is 2. The van der Waals surface area contributed by atoms with Crippen molar-refractivity contribution >= 4 is 23.8 Å². The number of thioether (sulfide) groups is 1. The summed E-state index contributed by atoms with van der Waals surface area (Å²) in [6.45, 7) is 3.20. The van der Waals surface area contributed by atoms with Gasteiger partial charge in [-0.2, -0.15) is 13.2 Å². The van der Waals surface area contributed by atoms with E-state index in [2.05, 4.69) is 10.6 Å². The number of hydrogen-bond donors (Lipinski definition) is 3. The highest BCUT2D eigenvalue weighted by atomic mass is 32.2. The van der Waals surface area contributed by atoms with Crippen LogP contribution in [0.1, 0.15) is 26.7 Å². The van der Waals surface area contributed by atoms with Crippen LogP contribution in [0, 0.1) is 5.41 Å². The Bertz CT molecular complexity index is 333. The highest BCUT2D eigenvalue weighted by molar-refractivity contribution is 8.00. The summed E-state index contributed by atoms with van der Waals surface area (Å²) in [6.07, 6.45) is 0.700. The monoisotopic (exact) mass is 316 g/mol. The maximum atomic E-state index is 11.8.